The molecule has 0 aromatic carbocycles. The van der Waals surface area contributed by atoms with E-state index in [1.807, 2.05) is 28.7 Å². The average molecular weight is 332 g/mol. The van der Waals surface area contributed by atoms with Crippen molar-refractivity contribution in [1.29, 1.82) is 0 Å². The van der Waals surface area contributed by atoms with Gasteiger partial charge in [0.2, 0.25) is 0 Å². The van der Waals surface area contributed by atoms with Crippen LogP contribution in [0.4, 0.5) is 0 Å². The second-order valence-electron chi connectivity index (χ2n) is 7.80. The second-order valence-corrected chi connectivity index (χ2v) is 7.80. The van der Waals surface area contributed by atoms with Gasteiger partial charge in [0.1, 0.15) is 11.9 Å². The molecule has 1 aliphatic heterocycles. The Morgan fingerprint density at radius 2 is 2.17 bits per heavy atom. The fourth-order valence-electron chi connectivity index (χ4n) is 3.29. The lowest BCUT2D eigenvalue weighted by atomic mass is 9.92. The summed E-state index contributed by atoms with van der Waals surface area (Å²) in [5, 5.41) is 19.2. The van der Waals surface area contributed by atoms with Crippen molar-refractivity contribution in [2.75, 3.05) is 13.1 Å². The van der Waals surface area contributed by atoms with Crippen molar-refractivity contribution in [3.05, 3.63) is 30.1 Å². The molecular weight excluding hydrogens is 304 g/mol. The summed E-state index contributed by atoms with van der Waals surface area (Å²) in [6.07, 6.45) is 7.24. The van der Waals surface area contributed by atoms with Crippen LogP contribution in [0.25, 0.3) is 0 Å². The molecule has 2 aromatic rings. The van der Waals surface area contributed by atoms with Crippen LogP contribution in [0.3, 0.4) is 0 Å². The summed E-state index contributed by atoms with van der Waals surface area (Å²) in [5.74, 6) is 0.957. The van der Waals surface area contributed by atoms with Gasteiger partial charge >= 0.3 is 0 Å². The molecule has 2 atom stereocenters. The number of likely N-dealkylation sites (tertiary alicyclic amines) is 1. The average Bonchev–Trinajstić information content (AvgIpc) is 3.15. The molecule has 2 unspecified atom stereocenters. The summed E-state index contributed by atoms with van der Waals surface area (Å²) in [6, 6.07) is 0. The number of hydrogen-bond acceptors (Lipinski definition) is 5. The van der Waals surface area contributed by atoms with Gasteiger partial charge in [-0.2, -0.15) is 0 Å². The number of piperidine rings is 1. The van der Waals surface area contributed by atoms with Crippen LogP contribution in [0.1, 0.15) is 51.2 Å². The maximum Gasteiger partial charge on any atom is 0.137 e. The zero-order valence-electron chi connectivity index (χ0n) is 15.1. The first-order chi connectivity index (χ1) is 11.3. The van der Waals surface area contributed by atoms with Crippen molar-refractivity contribution >= 4 is 0 Å². The molecule has 3 rings (SSSR count). The number of rotatable bonds is 4. The fraction of sp³-hybridized carbons (Fsp3) is 0.706. The van der Waals surface area contributed by atoms with Crippen molar-refractivity contribution in [3.63, 3.8) is 0 Å². The highest BCUT2D eigenvalue weighted by molar-refractivity contribution is 5.00. The predicted octanol–water partition coefficient (Wildman–Crippen LogP) is 1.71. The number of nitrogens with zero attached hydrogens (tertiary/aromatic N) is 6. The third-order valence-corrected chi connectivity index (χ3v) is 4.73. The van der Waals surface area contributed by atoms with Gasteiger partial charge in [-0.3, -0.25) is 4.90 Å². The quantitative estimate of drug-likeness (QED) is 0.923. The number of aromatic nitrogens is 5. The summed E-state index contributed by atoms with van der Waals surface area (Å²) in [6.45, 7) is 9.02. The summed E-state index contributed by atoms with van der Waals surface area (Å²) in [7, 11) is 1.93. The molecule has 0 amide bonds. The van der Waals surface area contributed by atoms with Crippen molar-refractivity contribution in [2.24, 2.45) is 13.0 Å². The van der Waals surface area contributed by atoms with Gasteiger partial charge in [0.15, 0.2) is 0 Å². The molecule has 1 fully saturated rings. The van der Waals surface area contributed by atoms with Crippen LogP contribution in [0.15, 0.2) is 18.6 Å². The molecule has 0 aliphatic carbocycles. The summed E-state index contributed by atoms with van der Waals surface area (Å²) in [4.78, 5) is 6.66. The lowest BCUT2D eigenvalue weighted by molar-refractivity contribution is 0.0401. The van der Waals surface area contributed by atoms with Gasteiger partial charge in [-0.05, 0) is 40.2 Å². The molecule has 0 saturated carbocycles. The topological polar surface area (TPSA) is 72.0 Å². The van der Waals surface area contributed by atoms with Crippen LogP contribution in [-0.2, 0) is 19.1 Å². The maximum atomic E-state index is 10.7. The fourth-order valence-corrected chi connectivity index (χ4v) is 3.29. The van der Waals surface area contributed by atoms with Gasteiger partial charge in [-0.1, -0.05) is 5.21 Å². The SMILES string of the molecule is Cn1ccnc1C(O)C1CCCN(Cc2cn(C(C)(C)C)nn2)C1. The molecule has 132 valence electrons. The molecule has 7 heteroatoms. The van der Waals surface area contributed by atoms with Crippen LogP contribution < -0.4 is 0 Å². The number of aliphatic hydroxyl groups excluding tert-OH is 1. The third kappa shape index (κ3) is 3.67. The maximum absolute atomic E-state index is 10.7. The first-order valence-electron chi connectivity index (χ1n) is 8.64. The van der Waals surface area contributed by atoms with E-state index >= 15 is 0 Å². The molecule has 1 N–H and O–H groups in total. The molecule has 0 spiro atoms. The van der Waals surface area contributed by atoms with E-state index in [1.54, 1.807) is 6.20 Å². The standard InChI is InChI=1S/C17H28N6O/c1-17(2,3)23-12-14(19-20-23)11-22-8-5-6-13(10-22)15(24)16-18-7-9-21(16)4/h7,9,12-13,15,24H,5-6,8,10-11H2,1-4H3. The Bertz CT molecular complexity index is 671. The van der Waals surface area contributed by atoms with Crippen LogP contribution in [0.2, 0.25) is 0 Å². The van der Waals surface area contributed by atoms with Crippen molar-refractivity contribution in [2.45, 2.75) is 51.8 Å². The van der Waals surface area contributed by atoms with Gasteiger partial charge < -0.3 is 9.67 Å². The van der Waals surface area contributed by atoms with E-state index < -0.39 is 6.10 Å². The predicted molar refractivity (Wildman–Crippen MR) is 91.2 cm³/mol. The van der Waals surface area contributed by atoms with E-state index in [0.29, 0.717) is 0 Å². The molecule has 1 aliphatic rings. The van der Waals surface area contributed by atoms with Gasteiger partial charge in [0, 0.05) is 38.4 Å². The van der Waals surface area contributed by atoms with Crippen LogP contribution >= 0.6 is 0 Å². The molecule has 0 radical (unpaired) electrons. The van der Waals surface area contributed by atoms with Crippen molar-refractivity contribution in [1.82, 2.24) is 29.4 Å². The lowest BCUT2D eigenvalue weighted by Crippen LogP contribution is -2.38. The Labute approximate surface area is 143 Å². The van der Waals surface area contributed by atoms with E-state index in [1.165, 1.54) is 0 Å². The largest absolute Gasteiger partial charge is 0.385 e. The molecule has 0 bridgehead atoms. The number of hydrogen-bond donors (Lipinski definition) is 1. The minimum Gasteiger partial charge on any atom is -0.385 e. The number of aryl methyl sites for hydroxylation is 1. The van der Waals surface area contributed by atoms with E-state index in [4.69, 9.17) is 0 Å². The Balaban J connectivity index is 1.63. The van der Waals surface area contributed by atoms with Crippen LogP contribution in [-0.4, -0.2) is 47.6 Å². The summed E-state index contributed by atoms with van der Waals surface area (Å²) >= 11 is 0. The number of aliphatic hydroxyl groups is 1. The molecule has 1 saturated heterocycles. The molecule has 3 heterocycles. The van der Waals surface area contributed by atoms with Crippen LogP contribution in [0.5, 0.6) is 0 Å². The highest BCUT2D eigenvalue weighted by Gasteiger charge is 2.29. The van der Waals surface area contributed by atoms with Crippen LogP contribution in [0, 0.1) is 5.92 Å². The Morgan fingerprint density at radius 3 is 2.79 bits per heavy atom. The Kier molecular flexibility index (Phi) is 4.73. The van der Waals surface area contributed by atoms with E-state index in [9.17, 15) is 5.11 Å². The van der Waals surface area contributed by atoms with Crippen molar-refractivity contribution in [3.8, 4) is 0 Å². The summed E-state index contributed by atoms with van der Waals surface area (Å²) in [5.41, 5.74) is 0.932. The first-order valence-corrected chi connectivity index (χ1v) is 8.64. The summed E-state index contributed by atoms with van der Waals surface area (Å²) < 4.78 is 3.81. The first kappa shape index (κ1) is 17.1. The normalized spacial score (nSPS) is 21.1. The lowest BCUT2D eigenvalue weighted by Gasteiger charge is -2.34. The highest BCUT2D eigenvalue weighted by atomic mass is 16.3. The minimum absolute atomic E-state index is 0.0515. The zero-order chi connectivity index (χ0) is 17.3. The molecule has 2 aromatic heterocycles. The van der Waals surface area contributed by atoms with Gasteiger partial charge in [0.25, 0.3) is 0 Å². The highest BCUT2D eigenvalue weighted by Crippen LogP contribution is 2.29. The molecular formula is C17H28N6O. The van der Waals surface area contributed by atoms with E-state index in [0.717, 1.165) is 44.0 Å². The smallest absolute Gasteiger partial charge is 0.137 e. The van der Waals surface area contributed by atoms with Gasteiger partial charge in [-0.15, -0.1) is 5.10 Å². The van der Waals surface area contributed by atoms with Crippen molar-refractivity contribution < 1.29 is 5.11 Å². The second kappa shape index (κ2) is 6.64. The minimum atomic E-state index is -0.516. The Hall–Kier alpha value is -1.73. The van der Waals surface area contributed by atoms with Gasteiger partial charge in [-0.25, -0.2) is 9.67 Å². The Morgan fingerprint density at radius 1 is 1.38 bits per heavy atom. The number of imidazole rings is 1. The molecule has 24 heavy (non-hydrogen) atoms. The van der Waals surface area contributed by atoms with E-state index in [2.05, 4.69) is 41.0 Å². The monoisotopic (exact) mass is 332 g/mol. The van der Waals surface area contributed by atoms with E-state index in [-0.39, 0.29) is 11.5 Å². The van der Waals surface area contributed by atoms with Gasteiger partial charge in [0.05, 0.1) is 17.4 Å². The third-order valence-electron chi connectivity index (χ3n) is 4.73. The molecule has 7 nitrogen and oxygen atoms in total. The zero-order valence-corrected chi connectivity index (χ0v) is 15.1.